The van der Waals surface area contributed by atoms with Crippen molar-refractivity contribution in [3.63, 3.8) is 0 Å². The van der Waals surface area contributed by atoms with Crippen molar-refractivity contribution in [2.75, 3.05) is 0 Å². The maximum Gasteiger partial charge on any atom is 0.187 e. The Morgan fingerprint density at radius 2 is 1.63 bits per heavy atom. The number of aromatic nitrogens is 4. The van der Waals surface area contributed by atoms with E-state index in [9.17, 15) is 0 Å². The predicted molar refractivity (Wildman–Crippen MR) is 74.3 cm³/mol. The second kappa shape index (κ2) is 4.82. The largest absolute Gasteiger partial charge is 0.193 e. The SMILES string of the molecule is Cc1ccc(-n2nnnc2-c2ccc(Cl)cc2)cc1. The molecule has 3 aromatic rings. The van der Waals surface area contributed by atoms with Gasteiger partial charge >= 0.3 is 0 Å². The van der Waals surface area contributed by atoms with E-state index in [4.69, 9.17) is 11.6 Å². The molecule has 0 aliphatic carbocycles. The van der Waals surface area contributed by atoms with Gasteiger partial charge in [0.25, 0.3) is 0 Å². The Bertz CT molecular complexity index is 626. The molecule has 2 aromatic carbocycles. The van der Waals surface area contributed by atoms with Crippen molar-refractivity contribution < 1.29 is 0 Å². The van der Waals surface area contributed by atoms with Crippen molar-refractivity contribution in [3.8, 4) is 17.1 Å². The van der Waals surface area contributed by atoms with Crippen LogP contribution in [0.15, 0.2) is 48.5 Å². The molecule has 3 rings (SSSR count). The summed E-state index contributed by atoms with van der Waals surface area (Å²) >= 11 is 5.89. The topological polar surface area (TPSA) is 43.6 Å². The minimum Gasteiger partial charge on any atom is -0.193 e. The number of aryl methyl sites for hydroxylation is 1. The molecule has 1 heterocycles. The van der Waals surface area contributed by atoms with Crippen LogP contribution in [0, 0.1) is 6.92 Å². The van der Waals surface area contributed by atoms with Crippen molar-refractivity contribution in [2.24, 2.45) is 0 Å². The Morgan fingerprint density at radius 1 is 0.947 bits per heavy atom. The lowest BCUT2D eigenvalue weighted by Gasteiger charge is -2.05. The van der Waals surface area contributed by atoms with Gasteiger partial charge in [0.2, 0.25) is 0 Å². The predicted octanol–water partition coefficient (Wildman–Crippen LogP) is 3.29. The highest BCUT2D eigenvalue weighted by atomic mass is 35.5. The van der Waals surface area contributed by atoms with Crippen LogP contribution in [-0.4, -0.2) is 20.2 Å². The van der Waals surface area contributed by atoms with Gasteiger partial charge in [-0.15, -0.1) is 5.10 Å². The van der Waals surface area contributed by atoms with E-state index in [1.165, 1.54) is 5.56 Å². The summed E-state index contributed by atoms with van der Waals surface area (Å²) < 4.78 is 1.71. The number of rotatable bonds is 2. The molecule has 0 aliphatic rings. The summed E-state index contributed by atoms with van der Waals surface area (Å²) in [5.74, 6) is 0.695. The number of hydrogen-bond acceptors (Lipinski definition) is 3. The number of hydrogen-bond donors (Lipinski definition) is 0. The fourth-order valence-electron chi connectivity index (χ4n) is 1.83. The number of tetrazole rings is 1. The van der Waals surface area contributed by atoms with E-state index in [1.807, 2.05) is 55.5 Å². The summed E-state index contributed by atoms with van der Waals surface area (Å²) in [5, 5.41) is 12.6. The quantitative estimate of drug-likeness (QED) is 0.718. The van der Waals surface area contributed by atoms with Crippen molar-refractivity contribution >= 4 is 11.6 Å². The average molecular weight is 271 g/mol. The Balaban J connectivity index is 2.07. The molecular formula is C14H11ClN4. The van der Waals surface area contributed by atoms with Crippen LogP contribution in [0.3, 0.4) is 0 Å². The standard InChI is InChI=1S/C14H11ClN4/c1-10-2-8-13(9-3-10)19-14(16-17-18-19)11-4-6-12(15)7-5-11/h2-9H,1H3. The number of nitrogens with zero attached hydrogens (tertiary/aromatic N) is 4. The van der Waals surface area contributed by atoms with Gasteiger partial charge in [0, 0.05) is 10.6 Å². The summed E-state index contributed by atoms with van der Waals surface area (Å²) in [5.41, 5.74) is 3.06. The lowest BCUT2D eigenvalue weighted by atomic mass is 10.2. The Hall–Kier alpha value is -2.20. The third-order valence-corrected chi connectivity index (χ3v) is 3.10. The molecule has 4 nitrogen and oxygen atoms in total. The van der Waals surface area contributed by atoms with Gasteiger partial charge < -0.3 is 0 Å². The maximum absolute atomic E-state index is 5.89. The molecule has 5 heteroatoms. The van der Waals surface area contributed by atoms with Gasteiger partial charge in [-0.25, -0.2) is 0 Å². The molecule has 0 saturated heterocycles. The fraction of sp³-hybridized carbons (Fsp3) is 0.0714. The normalized spacial score (nSPS) is 10.6. The van der Waals surface area contributed by atoms with Gasteiger partial charge in [0.05, 0.1) is 5.69 Å². The first-order chi connectivity index (χ1) is 9.24. The molecule has 0 atom stereocenters. The van der Waals surface area contributed by atoms with E-state index >= 15 is 0 Å². The van der Waals surface area contributed by atoms with Gasteiger partial charge in [-0.1, -0.05) is 29.3 Å². The summed E-state index contributed by atoms with van der Waals surface area (Å²) in [4.78, 5) is 0. The van der Waals surface area contributed by atoms with Crippen LogP contribution >= 0.6 is 11.6 Å². The van der Waals surface area contributed by atoms with Crippen LogP contribution in [0.25, 0.3) is 17.1 Å². The highest BCUT2D eigenvalue weighted by Crippen LogP contribution is 2.21. The van der Waals surface area contributed by atoms with E-state index in [0.29, 0.717) is 10.8 Å². The number of benzene rings is 2. The van der Waals surface area contributed by atoms with Crippen LogP contribution in [0.5, 0.6) is 0 Å². The molecule has 0 radical (unpaired) electrons. The van der Waals surface area contributed by atoms with Crippen LogP contribution in [0.1, 0.15) is 5.56 Å². The lowest BCUT2D eigenvalue weighted by molar-refractivity contribution is 0.791. The third kappa shape index (κ3) is 2.35. The van der Waals surface area contributed by atoms with Crippen molar-refractivity contribution in [1.29, 1.82) is 0 Å². The Kier molecular flexibility index (Phi) is 3.01. The molecule has 0 spiro atoms. The Morgan fingerprint density at radius 3 is 2.32 bits per heavy atom. The van der Waals surface area contributed by atoms with Crippen LogP contribution in [-0.2, 0) is 0 Å². The van der Waals surface area contributed by atoms with E-state index in [1.54, 1.807) is 4.68 Å². The molecule has 0 unspecified atom stereocenters. The zero-order chi connectivity index (χ0) is 13.2. The van der Waals surface area contributed by atoms with Gasteiger partial charge in [-0.2, -0.15) is 4.68 Å². The first kappa shape index (κ1) is 11.9. The first-order valence-corrected chi connectivity index (χ1v) is 6.23. The first-order valence-electron chi connectivity index (χ1n) is 5.85. The monoisotopic (exact) mass is 270 g/mol. The minimum absolute atomic E-state index is 0.693. The molecule has 94 valence electrons. The maximum atomic E-state index is 5.89. The van der Waals surface area contributed by atoms with Crippen molar-refractivity contribution in [3.05, 3.63) is 59.1 Å². The van der Waals surface area contributed by atoms with Crippen molar-refractivity contribution in [2.45, 2.75) is 6.92 Å². The second-order valence-corrected chi connectivity index (χ2v) is 4.69. The van der Waals surface area contributed by atoms with E-state index in [2.05, 4.69) is 15.5 Å². The van der Waals surface area contributed by atoms with Gasteiger partial charge in [-0.3, -0.25) is 0 Å². The van der Waals surface area contributed by atoms with Gasteiger partial charge in [0.1, 0.15) is 0 Å². The zero-order valence-corrected chi connectivity index (χ0v) is 11.0. The van der Waals surface area contributed by atoms with E-state index in [-0.39, 0.29) is 0 Å². The number of halogens is 1. The molecule has 0 saturated carbocycles. The van der Waals surface area contributed by atoms with Gasteiger partial charge in [0.15, 0.2) is 5.82 Å². The molecule has 0 aliphatic heterocycles. The van der Waals surface area contributed by atoms with E-state index in [0.717, 1.165) is 11.3 Å². The Labute approximate surface area is 115 Å². The fourth-order valence-corrected chi connectivity index (χ4v) is 1.95. The summed E-state index contributed by atoms with van der Waals surface area (Å²) in [6.07, 6.45) is 0. The second-order valence-electron chi connectivity index (χ2n) is 4.26. The van der Waals surface area contributed by atoms with Crippen LogP contribution in [0.4, 0.5) is 0 Å². The highest BCUT2D eigenvalue weighted by Gasteiger charge is 2.10. The molecule has 0 fully saturated rings. The van der Waals surface area contributed by atoms with Crippen LogP contribution < -0.4 is 0 Å². The molecule has 0 N–H and O–H groups in total. The molecule has 1 aromatic heterocycles. The smallest absolute Gasteiger partial charge is 0.187 e. The third-order valence-electron chi connectivity index (χ3n) is 2.85. The lowest BCUT2D eigenvalue weighted by Crippen LogP contribution is -1.99. The molecule has 19 heavy (non-hydrogen) atoms. The average Bonchev–Trinajstić information content (AvgIpc) is 2.90. The van der Waals surface area contributed by atoms with E-state index < -0.39 is 0 Å². The summed E-state index contributed by atoms with van der Waals surface area (Å²) in [6.45, 7) is 2.05. The molecule has 0 amide bonds. The van der Waals surface area contributed by atoms with Crippen LogP contribution in [0.2, 0.25) is 5.02 Å². The molecule has 0 bridgehead atoms. The zero-order valence-electron chi connectivity index (χ0n) is 10.3. The van der Waals surface area contributed by atoms with Gasteiger partial charge in [-0.05, 0) is 53.7 Å². The summed E-state index contributed by atoms with van der Waals surface area (Å²) in [6, 6.07) is 15.5. The minimum atomic E-state index is 0.693. The summed E-state index contributed by atoms with van der Waals surface area (Å²) in [7, 11) is 0. The van der Waals surface area contributed by atoms with Crippen molar-refractivity contribution in [1.82, 2.24) is 20.2 Å². The highest BCUT2D eigenvalue weighted by molar-refractivity contribution is 6.30. The molecular weight excluding hydrogens is 260 g/mol.